The van der Waals surface area contributed by atoms with Crippen LogP contribution in [-0.4, -0.2) is 0 Å². The van der Waals surface area contributed by atoms with Crippen LogP contribution in [0.4, 0.5) is 4.39 Å². The topological polar surface area (TPSA) is 56.8 Å². The standard InChI is InChI=1S/C26H17FN2O/c27-25-22(17-29)26(30-20-14-8-3-9-15-20)21(16-28)23(18-10-4-1-5-11-18)24(25)19-12-6-2-7-13-19/h1-12,14-15,19H,13H2. The quantitative estimate of drug-likeness (QED) is 0.501. The fraction of sp³-hybridized carbons (Fsp3) is 0.0769. The number of nitrogens with zero attached hydrogens (tertiary/aromatic N) is 2. The van der Waals surface area contributed by atoms with Crippen LogP contribution in [0.1, 0.15) is 29.0 Å². The second-order valence-corrected chi connectivity index (χ2v) is 6.84. The number of hydrogen-bond acceptors (Lipinski definition) is 3. The zero-order valence-electron chi connectivity index (χ0n) is 16.0. The number of ether oxygens (including phenoxy) is 1. The van der Waals surface area contributed by atoms with E-state index in [0.717, 1.165) is 0 Å². The Morgan fingerprint density at radius 1 is 0.867 bits per heavy atom. The van der Waals surface area contributed by atoms with E-state index in [-0.39, 0.29) is 22.8 Å². The van der Waals surface area contributed by atoms with E-state index in [0.29, 0.717) is 28.9 Å². The van der Waals surface area contributed by atoms with Crippen molar-refractivity contribution in [3.63, 3.8) is 0 Å². The molecule has 144 valence electrons. The molecule has 0 heterocycles. The Kier molecular flexibility index (Phi) is 5.42. The van der Waals surface area contributed by atoms with Gasteiger partial charge in [-0.05, 0) is 24.1 Å². The van der Waals surface area contributed by atoms with Crippen LogP contribution < -0.4 is 4.74 Å². The SMILES string of the molecule is N#Cc1c(F)c(C2C=CC=CC2)c(-c2ccccc2)c(C#N)c1Oc1ccccc1. The molecule has 0 fully saturated rings. The van der Waals surface area contributed by atoms with Gasteiger partial charge in [-0.25, -0.2) is 4.39 Å². The van der Waals surface area contributed by atoms with Gasteiger partial charge in [-0.3, -0.25) is 0 Å². The molecule has 0 amide bonds. The van der Waals surface area contributed by atoms with E-state index in [4.69, 9.17) is 4.74 Å². The number of allylic oxidation sites excluding steroid dienone is 4. The normalized spacial score (nSPS) is 14.7. The lowest BCUT2D eigenvalue weighted by atomic mass is 9.82. The molecule has 0 aliphatic heterocycles. The van der Waals surface area contributed by atoms with Crippen LogP contribution in [0.25, 0.3) is 11.1 Å². The molecule has 1 atom stereocenters. The van der Waals surface area contributed by atoms with Gasteiger partial charge in [-0.2, -0.15) is 10.5 Å². The van der Waals surface area contributed by atoms with Gasteiger partial charge in [-0.1, -0.05) is 72.8 Å². The zero-order valence-corrected chi connectivity index (χ0v) is 16.0. The van der Waals surface area contributed by atoms with Crippen LogP contribution >= 0.6 is 0 Å². The first-order valence-electron chi connectivity index (χ1n) is 9.55. The predicted molar refractivity (Wildman–Crippen MR) is 113 cm³/mol. The van der Waals surface area contributed by atoms with E-state index in [1.54, 1.807) is 24.3 Å². The van der Waals surface area contributed by atoms with Crippen LogP contribution in [0.3, 0.4) is 0 Å². The van der Waals surface area contributed by atoms with Crippen LogP contribution in [0, 0.1) is 28.5 Å². The van der Waals surface area contributed by atoms with Crippen LogP contribution in [0.2, 0.25) is 0 Å². The number of benzene rings is 3. The van der Waals surface area contributed by atoms with Gasteiger partial charge in [0.15, 0.2) is 5.75 Å². The smallest absolute Gasteiger partial charge is 0.166 e. The number of para-hydroxylation sites is 1. The Hall–Kier alpha value is -4.15. The lowest BCUT2D eigenvalue weighted by Crippen LogP contribution is -2.09. The van der Waals surface area contributed by atoms with Crippen molar-refractivity contribution in [1.29, 1.82) is 10.5 Å². The first-order chi connectivity index (χ1) is 14.7. The zero-order chi connectivity index (χ0) is 20.9. The number of nitriles is 2. The fourth-order valence-electron chi connectivity index (χ4n) is 3.68. The van der Waals surface area contributed by atoms with E-state index in [1.807, 2.05) is 66.8 Å². The second kappa shape index (κ2) is 8.47. The van der Waals surface area contributed by atoms with Crippen molar-refractivity contribution in [2.75, 3.05) is 0 Å². The number of rotatable bonds is 4. The van der Waals surface area contributed by atoms with Crippen molar-refractivity contribution in [2.45, 2.75) is 12.3 Å². The minimum atomic E-state index is -0.647. The number of hydrogen-bond donors (Lipinski definition) is 0. The predicted octanol–water partition coefficient (Wildman–Crippen LogP) is 6.63. The van der Waals surface area contributed by atoms with E-state index < -0.39 is 5.82 Å². The highest BCUT2D eigenvalue weighted by Gasteiger charge is 2.30. The van der Waals surface area contributed by atoms with Crippen LogP contribution in [-0.2, 0) is 0 Å². The molecule has 1 aliphatic carbocycles. The van der Waals surface area contributed by atoms with Crippen molar-refractivity contribution in [3.8, 4) is 34.8 Å². The summed E-state index contributed by atoms with van der Waals surface area (Å²) < 4.78 is 21.7. The Labute approximate surface area is 174 Å². The second-order valence-electron chi connectivity index (χ2n) is 6.84. The summed E-state index contributed by atoms with van der Waals surface area (Å²) in [5, 5.41) is 19.8. The van der Waals surface area contributed by atoms with Crippen LogP contribution in [0.5, 0.6) is 11.5 Å². The molecule has 4 rings (SSSR count). The third-order valence-electron chi connectivity index (χ3n) is 5.03. The maximum atomic E-state index is 15.8. The fourth-order valence-corrected chi connectivity index (χ4v) is 3.68. The van der Waals surface area contributed by atoms with Gasteiger partial charge in [-0.15, -0.1) is 0 Å². The van der Waals surface area contributed by atoms with Gasteiger partial charge >= 0.3 is 0 Å². The van der Waals surface area contributed by atoms with E-state index in [1.165, 1.54) is 0 Å². The molecule has 1 aliphatic rings. The average Bonchev–Trinajstić information content (AvgIpc) is 2.81. The van der Waals surface area contributed by atoms with Crippen molar-refractivity contribution < 1.29 is 9.13 Å². The van der Waals surface area contributed by atoms with Crippen molar-refractivity contribution >= 4 is 0 Å². The highest BCUT2D eigenvalue weighted by atomic mass is 19.1. The highest BCUT2D eigenvalue weighted by molar-refractivity contribution is 5.81. The summed E-state index contributed by atoms with van der Waals surface area (Å²) in [6.45, 7) is 0. The molecule has 0 bridgehead atoms. The van der Waals surface area contributed by atoms with Gasteiger partial charge in [0.25, 0.3) is 0 Å². The Morgan fingerprint density at radius 2 is 1.53 bits per heavy atom. The van der Waals surface area contributed by atoms with Crippen molar-refractivity contribution in [2.24, 2.45) is 0 Å². The summed E-state index contributed by atoms with van der Waals surface area (Å²) in [6, 6.07) is 22.1. The summed E-state index contributed by atoms with van der Waals surface area (Å²) in [6.07, 6.45) is 8.19. The molecule has 0 N–H and O–H groups in total. The molecule has 0 radical (unpaired) electrons. The first-order valence-corrected chi connectivity index (χ1v) is 9.55. The largest absolute Gasteiger partial charge is 0.454 e. The van der Waals surface area contributed by atoms with Crippen molar-refractivity contribution in [1.82, 2.24) is 0 Å². The monoisotopic (exact) mass is 392 g/mol. The van der Waals surface area contributed by atoms with Crippen LogP contribution in [0.15, 0.2) is 85.0 Å². The molecule has 1 unspecified atom stereocenters. The Balaban J connectivity index is 2.05. The highest BCUT2D eigenvalue weighted by Crippen LogP contribution is 2.44. The molecule has 0 saturated carbocycles. The first kappa shape index (κ1) is 19.2. The van der Waals surface area contributed by atoms with Gasteiger partial charge in [0.05, 0.1) is 0 Å². The third kappa shape index (κ3) is 3.48. The maximum Gasteiger partial charge on any atom is 0.166 e. The van der Waals surface area contributed by atoms with Gasteiger partial charge in [0, 0.05) is 17.0 Å². The summed E-state index contributed by atoms with van der Waals surface area (Å²) in [7, 11) is 0. The van der Waals surface area contributed by atoms with Gasteiger partial charge < -0.3 is 4.74 Å². The van der Waals surface area contributed by atoms with E-state index in [2.05, 4.69) is 6.07 Å². The molecular weight excluding hydrogens is 375 g/mol. The summed E-state index contributed by atoms with van der Waals surface area (Å²) >= 11 is 0. The third-order valence-corrected chi connectivity index (χ3v) is 5.03. The lowest BCUT2D eigenvalue weighted by Gasteiger charge is -2.23. The lowest BCUT2D eigenvalue weighted by molar-refractivity contribution is 0.471. The molecular formula is C26H17FN2O. The Morgan fingerprint density at radius 3 is 2.13 bits per heavy atom. The minimum Gasteiger partial charge on any atom is -0.454 e. The maximum absolute atomic E-state index is 15.8. The Bertz CT molecular complexity index is 1220. The van der Waals surface area contributed by atoms with Gasteiger partial charge in [0.2, 0.25) is 0 Å². The summed E-state index contributed by atoms with van der Waals surface area (Å²) in [5.41, 5.74) is 1.41. The van der Waals surface area contributed by atoms with Gasteiger partial charge in [0.1, 0.15) is 34.8 Å². The molecule has 0 spiro atoms. The van der Waals surface area contributed by atoms with Crippen molar-refractivity contribution in [3.05, 3.63) is 107 Å². The molecule has 3 nitrogen and oxygen atoms in total. The molecule has 4 heteroatoms. The molecule has 0 saturated heterocycles. The molecule has 0 aromatic heterocycles. The van der Waals surface area contributed by atoms with E-state index in [9.17, 15) is 10.5 Å². The summed E-state index contributed by atoms with van der Waals surface area (Å²) in [5.74, 6) is -0.555. The molecule has 30 heavy (non-hydrogen) atoms. The average molecular weight is 392 g/mol. The minimum absolute atomic E-state index is 0.0540. The number of halogens is 1. The van der Waals surface area contributed by atoms with E-state index >= 15 is 4.39 Å². The summed E-state index contributed by atoms with van der Waals surface area (Å²) in [4.78, 5) is 0. The molecule has 3 aromatic rings. The molecule has 3 aromatic carbocycles.